The first kappa shape index (κ1) is 29.0. The molecule has 1 saturated heterocycles. The fourth-order valence-electron chi connectivity index (χ4n) is 5.69. The monoisotopic (exact) mass is 555 g/mol. The van der Waals surface area contributed by atoms with Crippen LogP contribution in [0.1, 0.15) is 82.3 Å². The average molecular weight is 556 g/mol. The maximum absolute atomic E-state index is 13.9. The van der Waals surface area contributed by atoms with Gasteiger partial charge in [-0.05, 0) is 80.0 Å². The Morgan fingerprint density at radius 3 is 2.46 bits per heavy atom. The molecule has 2 amide bonds. The fraction of sp³-hybridized carbons (Fsp3) is 0.552. The predicted octanol–water partition coefficient (Wildman–Crippen LogP) is 4.21. The van der Waals surface area contributed by atoms with Gasteiger partial charge in [-0.2, -0.15) is 4.72 Å². The summed E-state index contributed by atoms with van der Waals surface area (Å²) in [6.45, 7) is 4.79. The number of aryl methyl sites for hydroxylation is 1. The molecule has 0 spiro atoms. The van der Waals surface area contributed by atoms with E-state index in [0.717, 1.165) is 49.7 Å². The van der Waals surface area contributed by atoms with Gasteiger partial charge in [0, 0.05) is 26.2 Å². The van der Waals surface area contributed by atoms with Gasteiger partial charge < -0.3 is 16.0 Å². The molecule has 1 atom stereocenters. The quantitative estimate of drug-likeness (QED) is 0.402. The van der Waals surface area contributed by atoms with E-state index in [1.165, 1.54) is 13.0 Å². The van der Waals surface area contributed by atoms with Gasteiger partial charge in [0.25, 0.3) is 0 Å². The van der Waals surface area contributed by atoms with Crippen molar-refractivity contribution in [3.8, 4) is 0 Å². The second-order valence-corrected chi connectivity index (χ2v) is 12.7. The number of pyridine rings is 1. The summed E-state index contributed by atoms with van der Waals surface area (Å²) in [6, 6.07) is 7.85. The van der Waals surface area contributed by atoms with Gasteiger partial charge in [0.1, 0.15) is 16.8 Å². The van der Waals surface area contributed by atoms with E-state index in [9.17, 15) is 18.0 Å². The fourth-order valence-corrected chi connectivity index (χ4v) is 7.10. The summed E-state index contributed by atoms with van der Waals surface area (Å²) in [5.74, 6) is 0.649. The largest absolute Gasteiger partial charge is 0.384 e. The number of nitrogens with zero attached hydrogens (tertiary/aromatic N) is 2. The Kier molecular flexibility index (Phi) is 9.61. The molecule has 2 aromatic rings. The van der Waals surface area contributed by atoms with Crippen LogP contribution < -0.4 is 15.8 Å². The van der Waals surface area contributed by atoms with E-state index in [1.807, 2.05) is 12.1 Å². The van der Waals surface area contributed by atoms with Crippen molar-refractivity contribution in [1.29, 1.82) is 0 Å². The summed E-state index contributed by atoms with van der Waals surface area (Å²) in [7, 11) is -4.12. The van der Waals surface area contributed by atoms with Crippen molar-refractivity contribution in [2.24, 2.45) is 5.92 Å². The number of benzene rings is 1. The molecule has 4 rings (SSSR count). The SMILES string of the molecule is CC(=O)Nc1c(C2CCCC2)cccc1S(=O)(=O)N[C@@H](CCCc1ccc(N)nc1)C(=O)N1CCC(C)CC1. The summed E-state index contributed by atoms with van der Waals surface area (Å²) < 4.78 is 30.5. The highest BCUT2D eigenvalue weighted by Crippen LogP contribution is 2.40. The van der Waals surface area contributed by atoms with Crippen LogP contribution in [0.4, 0.5) is 11.5 Å². The van der Waals surface area contributed by atoms with Crippen molar-refractivity contribution < 1.29 is 18.0 Å². The third-order valence-electron chi connectivity index (χ3n) is 7.94. The number of para-hydroxylation sites is 1. The number of nitrogen functional groups attached to an aromatic ring is 1. The Hall–Kier alpha value is -2.98. The minimum Gasteiger partial charge on any atom is -0.384 e. The number of hydrogen-bond acceptors (Lipinski definition) is 6. The number of amides is 2. The van der Waals surface area contributed by atoms with Crippen LogP contribution in [0.5, 0.6) is 0 Å². The van der Waals surface area contributed by atoms with Crippen LogP contribution in [-0.4, -0.2) is 49.2 Å². The molecule has 0 radical (unpaired) electrons. The molecule has 10 heteroatoms. The van der Waals surface area contributed by atoms with E-state index < -0.39 is 16.1 Å². The summed E-state index contributed by atoms with van der Waals surface area (Å²) in [5.41, 5.74) is 7.83. The van der Waals surface area contributed by atoms with Crippen molar-refractivity contribution in [3.63, 3.8) is 0 Å². The van der Waals surface area contributed by atoms with E-state index in [-0.39, 0.29) is 22.6 Å². The normalized spacial score (nSPS) is 17.7. The zero-order chi connectivity index (χ0) is 28.0. The topological polar surface area (TPSA) is 134 Å². The number of piperidine rings is 1. The van der Waals surface area contributed by atoms with Gasteiger partial charge in [0.2, 0.25) is 21.8 Å². The van der Waals surface area contributed by atoms with Crippen LogP contribution >= 0.6 is 0 Å². The zero-order valence-electron chi connectivity index (χ0n) is 23.0. The van der Waals surface area contributed by atoms with E-state index in [1.54, 1.807) is 23.2 Å². The summed E-state index contributed by atoms with van der Waals surface area (Å²) >= 11 is 0. The van der Waals surface area contributed by atoms with Crippen LogP contribution in [0.25, 0.3) is 0 Å². The molecule has 1 aromatic heterocycles. The average Bonchev–Trinajstić information content (AvgIpc) is 3.44. The summed E-state index contributed by atoms with van der Waals surface area (Å²) in [4.78, 5) is 31.7. The predicted molar refractivity (Wildman–Crippen MR) is 153 cm³/mol. The number of nitrogens with two attached hydrogens (primary N) is 1. The smallest absolute Gasteiger partial charge is 0.243 e. The highest BCUT2D eigenvalue weighted by atomic mass is 32.2. The molecule has 212 valence electrons. The molecule has 0 bridgehead atoms. The van der Waals surface area contributed by atoms with Crippen LogP contribution in [0.2, 0.25) is 0 Å². The van der Waals surface area contributed by atoms with Crippen molar-refractivity contribution in [3.05, 3.63) is 47.7 Å². The second-order valence-electron chi connectivity index (χ2n) is 11.0. The second kappa shape index (κ2) is 12.9. The van der Waals surface area contributed by atoms with E-state index >= 15 is 0 Å². The summed E-state index contributed by atoms with van der Waals surface area (Å²) in [5, 5.41) is 2.79. The van der Waals surface area contributed by atoms with Gasteiger partial charge in [0.05, 0.1) is 5.69 Å². The van der Waals surface area contributed by atoms with Crippen molar-refractivity contribution >= 4 is 33.3 Å². The number of carbonyl (C=O) groups excluding carboxylic acids is 2. The van der Waals surface area contributed by atoms with Gasteiger partial charge in [-0.1, -0.05) is 38.0 Å². The van der Waals surface area contributed by atoms with Crippen LogP contribution in [-0.2, 0) is 26.0 Å². The van der Waals surface area contributed by atoms with Crippen LogP contribution in [0, 0.1) is 5.92 Å². The number of aromatic nitrogens is 1. The first-order chi connectivity index (χ1) is 18.6. The van der Waals surface area contributed by atoms with E-state index in [4.69, 9.17) is 5.73 Å². The first-order valence-electron chi connectivity index (χ1n) is 14.1. The third-order valence-corrected chi connectivity index (χ3v) is 9.45. The molecule has 2 fully saturated rings. The minimum atomic E-state index is -4.12. The Morgan fingerprint density at radius 2 is 1.82 bits per heavy atom. The molecule has 1 saturated carbocycles. The van der Waals surface area contributed by atoms with Gasteiger partial charge in [-0.15, -0.1) is 0 Å². The third kappa shape index (κ3) is 7.57. The van der Waals surface area contributed by atoms with Crippen LogP contribution in [0.3, 0.4) is 0 Å². The minimum absolute atomic E-state index is 0.00917. The van der Waals surface area contributed by atoms with Crippen LogP contribution in [0.15, 0.2) is 41.4 Å². The number of sulfonamides is 1. The molecule has 1 aromatic carbocycles. The van der Waals surface area contributed by atoms with Gasteiger partial charge in [-0.3, -0.25) is 9.59 Å². The van der Waals surface area contributed by atoms with Gasteiger partial charge in [-0.25, -0.2) is 13.4 Å². The van der Waals surface area contributed by atoms with Gasteiger partial charge in [0.15, 0.2) is 0 Å². The standard InChI is InChI=1S/C29H41N5O4S/c1-20-15-17-34(18-16-20)29(36)25(11-5-7-22-13-14-27(30)31-19-22)33-39(37,38)26-12-6-10-24(23-8-3-4-9-23)28(26)32-21(2)35/h6,10,12-14,19-20,23,25,33H,3-5,7-9,11,15-18H2,1-2H3,(H2,30,31)(H,32,35)/t25-/m0/s1. The number of anilines is 2. The Morgan fingerprint density at radius 1 is 1.10 bits per heavy atom. The number of rotatable bonds is 10. The Balaban J connectivity index is 1.59. The van der Waals surface area contributed by atoms with E-state index in [0.29, 0.717) is 49.8 Å². The molecule has 1 aliphatic carbocycles. The maximum Gasteiger partial charge on any atom is 0.243 e. The lowest BCUT2D eigenvalue weighted by Crippen LogP contribution is -2.50. The zero-order valence-corrected chi connectivity index (χ0v) is 23.8. The molecule has 1 aliphatic heterocycles. The lowest BCUT2D eigenvalue weighted by atomic mass is 9.96. The Bertz CT molecular complexity index is 1250. The number of hydrogen-bond donors (Lipinski definition) is 3. The molecular formula is C29H41N5O4S. The molecule has 39 heavy (non-hydrogen) atoms. The van der Waals surface area contributed by atoms with Gasteiger partial charge >= 0.3 is 0 Å². The molecule has 2 heterocycles. The highest BCUT2D eigenvalue weighted by molar-refractivity contribution is 7.89. The molecule has 9 nitrogen and oxygen atoms in total. The highest BCUT2D eigenvalue weighted by Gasteiger charge is 2.33. The molecular weight excluding hydrogens is 514 g/mol. The molecule has 2 aliphatic rings. The lowest BCUT2D eigenvalue weighted by molar-refractivity contribution is -0.134. The van der Waals surface area contributed by atoms with Crippen molar-refractivity contribution in [2.45, 2.75) is 88.5 Å². The number of carbonyl (C=O) groups is 2. The number of likely N-dealkylation sites (tertiary alicyclic amines) is 1. The van der Waals surface area contributed by atoms with Crippen molar-refractivity contribution in [1.82, 2.24) is 14.6 Å². The van der Waals surface area contributed by atoms with E-state index in [2.05, 4.69) is 21.9 Å². The first-order valence-corrected chi connectivity index (χ1v) is 15.5. The van der Waals surface area contributed by atoms with Crippen molar-refractivity contribution in [2.75, 3.05) is 24.1 Å². The number of nitrogens with one attached hydrogen (secondary N) is 2. The lowest BCUT2D eigenvalue weighted by Gasteiger charge is -2.33. The Labute approximate surface area is 232 Å². The maximum atomic E-state index is 13.9. The summed E-state index contributed by atoms with van der Waals surface area (Å²) in [6.07, 6.45) is 9.15. The molecule has 4 N–H and O–H groups in total. The molecule has 0 unspecified atom stereocenters.